The Morgan fingerprint density at radius 2 is 1.79 bits per heavy atom. The number of hydrogen-bond donors (Lipinski definition) is 2. The van der Waals surface area contributed by atoms with Gasteiger partial charge in [0.15, 0.2) is 0 Å². The summed E-state index contributed by atoms with van der Waals surface area (Å²) in [5.74, 6) is -1.25. The van der Waals surface area contributed by atoms with Crippen LogP contribution in [0.3, 0.4) is 0 Å². The van der Waals surface area contributed by atoms with Gasteiger partial charge >= 0.3 is 35.6 Å². The average molecular weight is 454 g/mol. The number of benzene rings is 3. The number of ether oxygens (including phenoxy) is 1. The van der Waals surface area contributed by atoms with E-state index in [-0.39, 0.29) is 52.3 Å². The largest absolute Gasteiger partial charge is 1.00 e. The molecule has 1 aromatic heterocycles. The number of halogens is 2. The molecule has 0 aliphatic carbocycles. The Bertz CT molecular complexity index is 1370. The molecule has 0 unspecified atom stereocenters. The van der Waals surface area contributed by atoms with Crippen molar-refractivity contribution in [2.24, 2.45) is 0 Å². The van der Waals surface area contributed by atoms with Crippen molar-refractivity contribution in [1.29, 1.82) is 5.26 Å². The van der Waals surface area contributed by atoms with Crippen molar-refractivity contribution < 1.29 is 53.0 Å². The Hall–Kier alpha value is -3.71. The summed E-state index contributed by atoms with van der Waals surface area (Å²) in [6.45, 7) is 0. The van der Waals surface area contributed by atoms with Crippen LogP contribution in [0.15, 0.2) is 66.9 Å². The summed E-state index contributed by atoms with van der Waals surface area (Å²) < 4.78 is 33.2. The summed E-state index contributed by atoms with van der Waals surface area (Å²) in [6, 6.07) is 14.2. The number of rotatable bonds is 4. The molecule has 0 spiro atoms. The maximum Gasteiger partial charge on any atom is 1.00 e. The summed E-state index contributed by atoms with van der Waals surface area (Å²) in [4.78, 5) is 16.1. The van der Waals surface area contributed by atoms with E-state index in [0.29, 0.717) is 16.6 Å². The molecule has 0 aliphatic heterocycles. The molecule has 0 saturated carbocycles. The van der Waals surface area contributed by atoms with E-state index in [9.17, 15) is 18.7 Å². The van der Waals surface area contributed by atoms with Crippen molar-refractivity contribution in [2.75, 3.05) is 10.6 Å². The molecule has 0 atom stereocenters. The van der Waals surface area contributed by atoms with Gasteiger partial charge in [0.25, 0.3) is 0 Å². The van der Waals surface area contributed by atoms with Crippen molar-refractivity contribution in [1.82, 2.24) is 4.98 Å². The molecule has 33 heavy (non-hydrogen) atoms. The van der Waals surface area contributed by atoms with Crippen molar-refractivity contribution >= 4 is 28.3 Å². The number of amides is 2. The summed E-state index contributed by atoms with van der Waals surface area (Å²) in [5.41, 5.74) is 0.516. The first-order chi connectivity index (χ1) is 15.4. The molecule has 0 aliphatic rings. The standard InChI is InChI=1S/C23H14F2N4O3.Na/c24-14-1-3-15(4-2-14)28-23(31)29-19-6-5-16(10-18(19)25)32-22-7-8-27-20-11-21(30)13(12-26)9-17(20)22;/h1-11,30H,(H2,28,29,31);/q;+1/p-1. The summed E-state index contributed by atoms with van der Waals surface area (Å²) >= 11 is 0. The Morgan fingerprint density at radius 3 is 2.48 bits per heavy atom. The third kappa shape index (κ3) is 5.56. The second kappa shape index (κ2) is 10.3. The van der Waals surface area contributed by atoms with E-state index in [2.05, 4.69) is 15.6 Å². The Balaban J connectivity index is 0.00000306. The van der Waals surface area contributed by atoms with E-state index >= 15 is 0 Å². The molecule has 10 heteroatoms. The van der Waals surface area contributed by atoms with Crippen LogP contribution in [0, 0.1) is 23.0 Å². The number of anilines is 2. The van der Waals surface area contributed by atoms with Gasteiger partial charge in [-0.3, -0.25) is 4.98 Å². The number of carbonyl (C=O) groups excluding carboxylic acids is 1. The third-order valence-electron chi connectivity index (χ3n) is 4.44. The number of urea groups is 1. The van der Waals surface area contributed by atoms with Crippen molar-refractivity contribution in [3.63, 3.8) is 0 Å². The molecule has 2 amide bonds. The first-order valence-corrected chi connectivity index (χ1v) is 9.24. The fraction of sp³-hybridized carbons (Fsp3) is 0. The van der Waals surface area contributed by atoms with E-state index in [1.54, 1.807) is 0 Å². The zero-order valence-corrected chi connectivity index (χ0v) is 19.2. The van der Waals surface area contributed by atoms with Crippen LogP contribution >= 0.6 is 0 Å². The number of carbonyl (C=O) groups is 1. The van der Waals surface area contributed by atoms with Gasteiger partial charge < -0.3 is 20.5 Å². The molecule has 0 fully saturated rings. The number of nitrogens with one attached hydrogen (secondary N) is 2. The molecule has 158 valence electrons. The predicted molar refractivity (Wildman–Crippen MR) is 111 cm³/mol. The quantitative estimate of drug-likeness (QED) is 0.458. The minimum atomic E-state index is -0.755. The fourth-order valence-corrected chi connectivity index (χ4v) is 2.93. The van der Waals surface area contributed by atoms with E-state index in [1.165, 1.54) is 60.8 Å². The zero-order chi connectivity index (χ0) is 22.7. The smallest absolute Gasteiger partial charge is 0.872 e. The number of nitrogens with zero attached hydrogens (tertiary/aromatic N) is 2. The molecule has 0 bridgehead atoms. The van der Waals surface area contributed by atoms with Crippen LogP contribution < -0.4 is 50.0 Å². The van der Waals surface area contributed by atoms with Gasteiger partial charge in [-0.1, -0.05) is 5.75 Å². The number of aromatic nitrogens is 1. The van der Waals surface area contributed by atoms with Gasteiger partial charge in [0.05, 0.1) is 17.3 Å². The average Bonchev–Trinajstić information content (AvgIpc) is 2.77. The Kier molecular flexibility index (Phi) is 7.45. The number of fused-ring (bicyclic) bond motifs is 1. The minimum Gasteiger partial charge on any atom is -0.872 e. The monoisotopic (exact) mass is 454 g/mol. The van der Waals surface area contributed by atoms with E-state index in [4.69, 9.17) is 10.00 Å². The van der Waals surface area contributed by atoms with E-state index < -0.39 is 23.4 Å². The molecule has 7 nitrogen and oxygen atoms in total. The van der Waals surface area contributed by atoms with Gasteiger partial charge in [0.1, 0.15) is 23.1 Å². The van der Waals surface area contributed by atoms with E-state index in [0.717, 1.165) is 6.07 Å². The minimum absolute atomic E-state index is 0. The van der Waals surface area contributed by atoms with Crippen LogP contribution in [0.5, 0.6) is 17.2 Å². The van der Waals surface area contributed by atoms with Crippen molar-refractivity contribution in [3.8, 4) is 23.3 Å². The van der Waals surface area contributed by atoms with Gasteiger partial charge in [-0.25, -0.2) is 13.6 Å². The molecular weight excluding hydrogens is 441 g/mol. The first kappa shape index (κ1) is 23.9. The maximum absolute atomic E-state index is 14.5. The molecule has 0 radical (unpaired) electrons. The molecule has 1 heterocycles. The maximum atomic E-state index is 14.5. The van der Waals surface area contributed by atoms with Crippen LogP contribution in [0.4, 0.5) is 25.0 Å². The molecule has 3 aromatic carbocycles. The summed E-state index contributed by atoms with van der Waals surface area (Å²) in [5, 5.41) is 26.2. The topological polar surface area (TPSA) is 110 Å². The van der Waals surface area contributed by atoms with Gasteiger partial charge in [0.2, 0.25) is 0 Å². The third-order valence-corrected chi connectivity index (χ3v) is 4.44. The Morgan fingerprint density at radius 1 is 1.03 bits per heavy atom. The number of pyridine rings is 1. The number of hydrogen-bond acceptors (Lipinski definition) is 5. The molecule has 4 aromatic rings. The van der Waals surface area contributed by atoms with Crippen LogP contribution in [-0.4, -0.2) is 11.0 Å². The summed E-state index contributed by atoms with van der Waals surface area (Å²) in [6.07, 6.45) is 1.43. The Labute approximate surface area is 208 Å². The van der Waals surface area contributed by atoms with E-state index in [1.807, 2.05) is 6.07 Å². The fourth-order valence-electron chi connectivity index (χ4n) is 2.93. The second-order valence-corrected chi connectivity index (χ2v) is 6.62. The van der Waals surface area contributed by atoms with Gasteiger partial charge in [-0.2, -0.15) is 5.26 Å². The normalized spacial score (nSPS) is 10.1. The first-order valence-electron chi connectivity index (χ1n) is 9.24. The van der Waals surface area contributed by atoms with Gasteiger partial charge in [-0.15, -0.1) is 0 Å². The van der Waals surface area contributed by atoms with Crippen molar-refractivity contribution in [2.45, 2.75) is 0 Å². The zero-order valence-electron chi connectivity index (χ0n) is 17.2. The number of nitriles is 1. The van der Waals surface area contributed by atoms with Crippen LogP contribution in [0.1, 0.15) is 5.56 Å². The summed E-state index contributed by atoms with van der Waals surface area (Å²) in [7, 11) is 0. The SMILES string of the molecule is N#Cc1cc2c(Oc3ccc(NC(=O)Nc4ccc(F)cc4)c(F)c3)ccnc2cc1[O-].[Na+]. The second-order valence-electron chi connectivity index (χ2n) is 6.62. The van der Waals surface area contributed by atoms with Crippen LogP contribution in [-0.2, 0) is 0 Å². The van der Waals surface area contributed by atoms with Crippen LogP contribution in [0.25, 0.3) is 10.9 Å². The van der Waals surface area contributed by atoms with Gasteiger partial charge in [0, 0.05) is 28.9 Å². The molecule has 2 N–H and O–H groups in total. The van der Waals surface area contributed by atoms with Gasteiger partial charge in [-0.05, 0) is 54.6 Å². The van der Waals surface area contributed by atoms with Crippen molar-refractivity contribution in [3.05, 3.63) is 84.1 Å². The molecular formula is C23H13F2N4NaO3. The molecule has 0 saturated heterocycles. The predicted octanol–water partition coefficient (Wildman–Crippen LogP) is 1.90. The molecule has 4 rings (SSSR count). The van der Waals surface area contributed by atoms with Crippen LogP contribution in [0.2, 0.25) is 0 Å².